The molecule has 0 aliphatic carbocycles. The summed E-state index contributed by atoms with van der Waals surface area (Å²) in [5.74, 6) is -2.71. The van der Waals surface area contributed by atoms with Gasteiger partial charge in [-0.05, 0) is 18.6 Å². The van der Waals surface area contributed by atoms with Crippen LogP contribution in [-0.2, 0) is 0 Å². The highest BCUT2D eigenvalue weighted by atomic mass is 19.1. The zero-order chi connectivity index (χ0) is 16.4. The zero-order valence-corrected chi connectivity index (χ0v) is 11.9. The van der Waals surface area contributed by atoms with Gasteiger partial charge in [0.05, 0.1) is 11.9 Å². The van der Waals surface area contributed by atoms with Crippen LogP contribution in [-0.4, -0.2) is 29.1 Å². The molecule has 1 atom stereocenters. The lowest BCUT2D eigenvalue weighted by atomic mass is 9.96. The van der Waals surface area contributed by atoms with Gasteiger partial charge in [0.2, 0.25) is 5.76 Å². The number of amides is 1. The van der Waals surface area contributed by atoms with Crippen molar-refractivity contribution in [2.24, 2.45) is 0 Å². The number of nitrogens with zero attached hydrogens (tertiary/aromatic N) is 3. The van der Waals surface area contributed by atoms with Crippen LogP contribution in [0.15, 0.2) is 28.9 Å². The summed E-state index contributed by atoms with van der Waals surface area (Å²) in [4.78, 5) is 13.3. The minimum atomic E-state index is -0.831. The lowest BCUT2D eigenvalue weighted by molar-refractivity contribution is 0.0987. The van der Waals surface area contributed by atoms with Gasteiger partial charge in [0.15, 0.2) is 12.0 Å². The molecule has 0 unspecified atom stereocenters. The Hall–Kier alpha value is -2.95. The van der Waals surface area contributed by atoms with Gasteiger partial charge in [-0.15, -0.1) is 0 Å². The maximum Gasteiger partial charge on any atom is 0.294 e. The monoisotopic (exact) mass is 318 g/mol. The van der Waals surface area contributed by atoms with E-state index in [0.29, 0.717) is 13.0 Å². The number of aromatic nitrogens is 1. The molecule has 0 bridgehead atoms. The van der Waals surface area contributed by atoms with Gasteiger partial charge in [0.1, 0.15) is 5.82 Å². The molecular weight excluding hydrogens is 306 g/mol. The Morgan fingerprint density at radius 1 is 1.43 bits per heavy atom. The van der Waals surface area contributed by atoms with Crippen LogP contribution in [0.25, 0.3) is 0 Å². The molecule has 6 nitrogen and oxygen atoms in total. The number of anilines is 1. The summed E-state index contributed by atoms with van der Waals surface area (Å²) in [5.41, 5.74) is -0.253. The van der Waals surface area contributed by atoms with E-state index in [2.05, 4.69) is 15.0 Å². The van der Waals surface area contributed by atoms with E-state index in [1.807, 2.05) is 6.19 Å². The molecule has 0 radical (unpaired) electrons. The first-order valence-electron chi connectivity index (χ1n) is 6.94. The molecule has 23 heavy (non-hydrogen) atoms. The average molecular weight is 318 g/mol. The molecule has 0 saturated carbocycles. The number of likely N-dealkylation sites (tertiary alicyclic amines) is 1. The van der Waals surface area contributed by atoms with E-state index in [0.717, 1.165) is 12.1 Å². The summed E-state index contributed by atoms with van der Waals surface area (Å²) < 4.78 is 33.3. The minimum absolute atomic E-state index is 0.0770. The molecule has 1 aliphatic rings. The Kier molecular flexibility index (Phi) is 3.93. The maximum atomic E-state index is 14.6. The number of carbonyl (C=O) groups excluding carboxylic acids is 1. The first-order chi connectivity index (χ1) is 11.1. The van der Waals surface area contributed by atoms with Crippen molar-refractivity contribution in [1.29, 1.82) is 5.26 Å². The van der Waals surface area contributed by atoms with Crippen molar-refractivity contribution in [3.63, 3.8) is 0 Å². The first-order valence-corrected chi connectivity index (χ1v) is 6.94. The normalized spacial score (nSPS) is 17.1. The number of carbonyl (C=O) groups is 1. The fraction of sp³-hybridized carbons (Fsp3) is 0.267. The SMILES string of the molecule is N#CN1CC[C@H](c2c(F)ccc(NC(=O)c3ccno3)c2F)C1. The quantitative estimate of drug-likeness (QED) is 0.879. The molecule has 1 aromatic heterocycles. The number of rotatable bonds is 3. The van der Waals surface area contributed by atoms with Crippen LogP contribution in [0.4, 0.5) is 14.5 Å². The molecule has 118 valence electrons. The van der Waals surface area contributed by atoms with Gasteiger partial charge in [-0.2, -0.15) is 5.26 Å². The Labute approximate surface area is 130 Å². The average Bonchev–Trinajstić information content (AvgIpc) is 3.21. The number of hydrogen-bond acceptors (Lipinski definition) is 5. The predicted molar refractivity (Wildman–Crippen MR) is 75.4 cm³/mol. The zero-order valence-electron chi connectivity index (χ0n) is 11.9. The van der Waals surface area contributed by atoms with E-state index in [1.165, 1.54) is 17.2 Å². The Balaban J connectivity index is 1.87. The number of halogens is 2. The molecule has 1 amide bonds. The fourth-order valence-corrected chi connectivity index (χ4v) is 2.64. The van der Waals surface area contributed by atoms with E-state index in [4.69, 9.17) is 5.26 Å². The molecular formula is C15H12F2N4O2. The third-order valence-corrected chi connectivity index (χ3v) is 3.77. The van der Waals surface area contributed by atoms with Crippen molar-refractivity contribution in [3.05, 3.63) is 47.4 Å². The lowest BCUT2D eigenvalue weighted by Crippen LogP contribution is -2.16. The standard InChI is InChI=1S/C15H12F2N4O2/c16-10-1-2-11(20-15(22)12-3-5-19-23-12)14(17)13(10)9-4-6-21(7-9)8-18/h1-3,5,9H,4,6-7H2,(H,20,22)/t9-/m0/s1. The van der Waals surface area contributed by atoms with Crippen molar-refractivity contribution in [2.75, 3.05) is 18.4 Å². The summed E-state index contributed by atoms with van der Waals surface area (Å²) in [6, 6.07) is 3.59. The highest BCUT2D eigenvalue weighted by Gasteiger charge is 2.29. The lowest BCUT2D eigenvalue weighted by Gasteiger charge is -2.15. The van der Waals surface area contributed by atoms with Crippen LogP contribution in [0.2, 0.25) is 0 Å². The number of nitrogens with one attached hydrogen (secondary N) is 1. The summed E-state index contributed by atoms with van der Waals surface area (Å²) >= 11 is 0. The third-order valence-electron chi connectivity index (χ3n) is 3.77. The summed E-state index contributed by atoms with van der Waals surface area (Å²) in [5, 5.41) is 14.6. The highest BCUT2D eigenvalue weighted by molar-refractivity contribution is 6.02. The topological polar surface area (TPSA) is 82.2 Å². The third kappa shape index (κ3) is 2.85. The molecule has 0 spiro atoms. The van der Waals surface area contributed by atoms with Crippen molar-refractivity contribution in [3.8, 4) is 6.19 Å². The Bertz CT molecular complexity index is 771. The molecule has 8 heteroatoms. The van der Waals surface area contributed by atoms with Gasteiger partial charge in [-0.1, -0.05) is 5.16 Å². The second kappa shape index (κ2) is 6.04. The van der Waals surface area contributed by atoms with E-state index >= 15 is 0 Å². The predicted octanol–water partition coefficient (Wildman–Crippen LogP) is 2.48. The van der Waals surface area contributed by atoms with Crippen molar-refractivity contribution < 1.29 is 18.1 Å². The summed E-state index contributed by atoms with van der Waals surface area (Å²) in [6.45, 7) is 0.707. The number of nitriles is 1. The summed E-state index contributed by atoms with van der Waals surface area (Å²) in [7, 11) is 0. The van der Waals surface area contributed by atoms with Gasteiger partial charge < -0.3 is 14.7 Å². The first kappa shape index (κ1) is 15.0. The fourth-order valence-electron chi connectivity index (χ4n) is 2.64. The molecule has 1 N–H and O–H groups in total. The van der Waals surface area contributed by atoms with Crippen LogP contribution < -0.4 is 5.32 Å². The van der Waals surface area contributed by atoms with E-state index in [9.17, 15) is 13.6 Å². The van der Waals surface area contributed by atoms with Crippen molar-refractivity contribution in [1.82, 2.24) is 10.1 Å². The van der Waals surface area contributed by atoms with Crippen molar-refractivity contribution in [2.45, 2.75) is 12.3 Å². The van der Waals surface area contributed by atoms with Gasteiger partial charge in [-0.3, -0.25) is 4.79 Å². The molecule has 1 fully saturated rings. The van der Waals surface area contributed by atoms with Gasteiger partial charge in [0, 0.05) is 30.6 Å². The van der Waals surface area contributed by atoms with Gasteiger partial charge >= 0.3 is 0 Å². The molecule has 1 aromatic carbocycles. The Morgan fingerprint density at radius 3 is 2.91 bits per heavy atom. The number of hydrogen-bond donors (Lipinski definition) is 1. The smallest absolute Gasteiger partial charge is 0.294 e. The summed E-state index contributed by atoms with van der Waals surface area (Å²) in [6.07, 6.45) is 3.73. The van der Waals surface area contributed by atoms with Crippen LogP contribution in [0.5, 0.6) is 0 Å². The molecule has 2 aromatic rings. The van der Waals surface area contributed by atoms with E-state index < -0.39 is 23.5 Å². The number of benzene rings is 1. The molecule has 2 heterocycles. The van der Waals surface area contributed by atoms with Crippen LogP contribution >= 0.6 is 0 Å². The second-order valence-electron chi connectivity index (χ2n) is 5.19. The largest absolute Gasteiger partial charge is 0.351 e. The Morgan fingerprint density at radius 2 is 2.26 bits per heavy atom. The van der Waals surface area contributed by atoms with E-state index in [1.54, 1.807) is 0 Å². The minimum Gasteiger partial charge on any atom is -0.351 e. The molecule has 1 aliphatic heterocycles. The van der Waals surface area contributed by atoms with E-state index in [-0.39, 0.29) is 23.6 Å². The van der Waals surface area contributed by atoms with Crippen molar-refractivity contribution >= 4 is 11.6 Å². The van der Waals surface area contributed by atoms with Gasteiger partial charge in [0.25, 0.3) is 5.91 Å². The molecule has 1 saturated heterocycles. The van der Waals surface area contributed by atoms with Crippen LogP contribution in [0.1, 0.15) is 28.5 Å². The van der Waals surface area contributed by atoms with Crippen LogP contribution in [0, 0.1) is 23.1 Å². The van der Waals surface area contributed by atoms with Crippen LogP contribution in [0.3, 0.4) is 0 Å². The van der Waals surface area contributed by atoms with Gasteiger partial charge in [-0.25, -0.2) is 8.78 Å². The maximum absolute atomic E-state index is 14.6. The second-order valence-corrected chi connectivity index (χ2v) is 5.19. The highest BCUT2D eigenvalue weighted by Crippen LogP contribution is 2.33. The molecule has 3 rings (SSSR count).